The van der Waals surface area contributed by atoms with Crippen LogP contribution in [0, 0.1) is 0 Å². The van der Waals surface area contributed by atoms with Crippen LogP contribution in [0.3, 0.4) is 0 Å². The molecule has 1 aliphatic carbocycles. The van der Waals surface area contributed by atoms with E-state index in [2.05, 4.69) is 5.32 Å². The quantitative estimate of drug-likeness (QED) is 0.662. The zero-order valence-corrected chi connectivity index (χ0v) is 8.64. The average Bonchev–Trinajstić information content (AvgIpc) is 2.14. The maximum Gasteiger partial charge on any atom is 0.129 e. The van der Waals surface area contributed by atoms with Crippen molar-refractivity contribution in [2.45, 2.75) is 57.9 Å². The fourth-order valence-electron chi connectivity index (χ4n) is 1.95. The molecule has 2 heteroatoms. The summed E-state index contributed by atoms with van der Waals surface area (Å²) < 4.78 is 0. The number of Topliss-reactive ketones (excluding diaryl/α,β-unsaturated/α-hetero) is 1. The topological polar surface area (TPSA) is 29.1 Å². The van der Waals surface area contributed by atoms with Gasteiger partial charge in [-0.2, -0.15) is 0 Å². The van der Waals surface area contributed by atoms with Crippen LogP contribution < -0.4 is 5.32 Å². The van der Waals surface area contributed by atoms with E-state index in [1.807, 2.05) is 0 Å². The summed E-state index contributed by atoms with van der Waals surface area (Å²) in [6, 6.07) is 0.737. The molecule has 13 heavy (non-hydrogen) atoms. The van der Waals surface area contributed by atoms with Crippen molar-refractivity contribution in [3.63, 3.8) is 0 Å². The molecule has 0 spiro atoms. The molecule has 0 unspecified atom stereocenters. The summed E-state index contributed by atoms with van der Waals surface area (Å²) >= 11 is 0. The summed E-state index contributed by atoms with van der Waals surface area (Å²) in [6.07, 6.45) is 8.58. The number of carbonyl (C=O) groups excluding carboxylic acids is 1. The van der Waals surface area contributed by atoms with Crippen LogP contribution in [-0.2, 0) is 4.79 Å². The van der Waals surface area contributed by atoms with Crippen molar-refractivity contribution in [3.05, 3.63) is 0 Å². The molecule has 0 aromatic carbocycles. The normalized spacial score (nSPS) is 18.8. The largest absolute Gasteiger partial charge is 0.314 e. The summed E-state index contributed by atoms with van der Waals surface area (Å²) in [5.41, 5.74) is 0. The van der Waals surface area contributed by atoms with Gasteiger partial charge in [0.05, 0.1) is 0 Å². The third kappa shape index (κ3) is 5.04. The number of rotatable bonds is 5. The Morgan fingerprint density at radius 1 is 1.31 bits per heavy atom. The molecule has 0 aromatic rings. The molecule has 1 N–H and O–H groups in total. The van der Waals surface area contributed by atoms with Crippen LogP contribution >= 0.6 is 0 Å². The Balaban J connectivity index is 1.95. The predicted molar refractivity (Wildman–Crippen MR) is 54.8 cm³/mol. The second-order valence-corrected chi connectivity index (χ2v) is 4.09. The minimum Gasteiger partial charge on any atom is -0.314 e. The van der Waals surface area contributed by atoms with Crippen LogP contribution in [0.15, 0.2) is 0 Å². The van der Waals surface area contributed by atoms with Crippen LogP contribution in [0.4, 0.5) is 0 Å². The Hall–Kier alpha value is -0.370. The molecule has 1 rings (SSSR count). The zero-order chi connectivity index (χ0) is 9.52. The Morgan fingerprint density at radius 2 is 2.00 bits per heavy atom. The number of carbonyl (C=O) groups is 1. The van der Waals surface area contributed by atoms with Gasteiger partial charge in [-0.3, -0.25) is 0 Å². The van der Waals surface area contributed by atoms with Gasteiger partial charge in [0.15, 0.2) is 0 Å². The minimum absolute atomic E-state index is 0.311. The van der Waals surface area contributed by atoms with E-state index in [9.17, 15) is 4.79 Å². The molecule has 0 atom stereocenters. The maximum absolute atomic E-state index is 10.7. The third-order valence-electron chi connectivity index (χ3n) is 2.74. The highest BCUT2D eigenvalue weighted by Crippen LogP contribution is 2.17. The Bertz CT molecular complexity index is 150. The molecule has 0 saturated heterocycles. The highest BCUT2D eigenvalue weighted by molar-refractivity contribution is 5.75. The van der Waals surface area contributed by atoms with Crippen molar-refractivity contribution in [1.82, 2.24) is 5.32 Å². The molecule has 2 nitrogen and oxygen atoms in total. The number of hydrogen-bond donors (Lipinski definition) is 1. The Kier molecular flexibility index (Phi) is 5.06. The number of hydrogen-bond acceptors (Lipinski definition) is 2. The van der Waals surface area contributed by atoms with Gasteiger partial charge in [-0.05, 0) is 32.7 Å². The molecule has 1 aliphatic rings. The number of ketones is 1. The second-order valence-electron chi connectivity index (χ2n) is 4.09. The van der Waals surface area contributed by atoms with Crippen LogP contribution in [0.2, 0.25) is 0 Å². The van der Waals surface area contributed by atoms with Gasteiger partial charge in [0, 0.05) is 12.5 Å². The summed E-state index contributed by atoms with van der Waals surface area (Å²) in [4.78, 5) is 10.7. The van der Waals surface area contributed by atoms with E-state index in [4.69, 9.17) is 0 Å². The van der Waals surface area contributed by atoms with Gasteiger partial charge in [-0.1, -0.05) is 19.3 Å². The molecular formula is C11H21NO. The molecule has 1 fully saturated rings. The molecule has 0 bridgehead atoms. The van der Waals surface area contributed by atoms with Gasteiger partial charge < -0.3 is 10.1 Å². The highest BCUT2D eigenvalue weighted by atomic mass is 16.1. The van der Waals surface area contributed by atoms with E-state index in [-0.39, 0.29) is 0 Å². The summed E-state index contributed by atoms with van der Waals surface area (Å²) in [7, 11) is 0. The van der Waals surface area contributed by atoms with Crippen LogP contribution in [0.25, 0.3) is 0 Å². The van der Waals surface area contributed by atoms with E-state index in [0.29, 0.717) is 5.78 Å². The van der Waals surface area contributed by atoms with Gasteiger partial charge in [0.2, 0.25) is 0 Å². The van der Waals surface area contributed by atoms with Crippen LogP contribution in [0.1, 0.15) is 51.9 Å². The standard InChI is InChI=1S/C11H21NO/c1-10(13)6-5-9-12-11-7-3-2-4-8-11/h11-12H,2-9H2,1H3. The number of nitrogens with one attached hydrogen (secondary N) is 1. The van der Waals surface area contributed by atoms with Crippen molar-refractivity contribution in [2.75, 3.05) is 6.54 Å². The first-order valence-electron chi connectivity index (χ1n) is 5.52. The van der Waals surface area contributed by atoms with Crippen LogP contribution in [0.5, 0.6) is 0 Å². The Labute approximate surface area is 81.1 Å². The van der Waals surface area contributed by atoms with E-state index >= 15 is 0 Å². The first-order chi connectivity index (χ1) is 6.29. The molecule has 0 heterocycles. The summed E-state index contributed by atoms with van der Waals surface area (Å²) in [6.45, 7) is 2.69. The third-order valence-corrected chi connectivity index (χ3v) is 2.74. The second kappa shape index (κ2) is 6.14. The lowest BCUT2D eigenvalue weighted by molar-refractivity contribution is -0.117. The molecular weight excluding hydrogens is 162 g/mol. The Morgan fingerprint density at radius 3 is 2.62 bits per heavy atom. The molecule has 0 aliphatic heterocycles. The zero-order valence-electron chi connectivity index (χ0n) is 8.64. The van der Waals surface area contributed by atoms with Crippen molar-refractivity contribution in [2.24, 2.45) is 0 Å². The van der Waals surface area contributed by atoms with Gasteiger partial charge in [-0.15, -0.1) is 0 Å². The fourth-order valence-corrected chi connectivity index (χ4v) is 1.95. The molecule has 1 saturated carbocycles. The van der Waals surface area contributed by atoms with Crippen molar-refractivity contribution in [3.8, 4) is 0 Å². The minimum atomic E-state index is 0.311. The average molecular weight is 183 g/mol. The maximum atomic E-state index is 10.7. The van der Waals surface area contributed by atoms with Crippen LogP contribution in [-0.4, -0.2) is 18.4 Å². The predicted octanol–water partition coefficient (Wildman–Crippen LogP) is 2.28. The smallest absolute Gasteiger partial charge is 0.129 e. The molecule has 0 aromatic heterocycles. The highest BCUT2D eigenvalue weighted by Gasteiger charge is 2.11. The molecule has 0 radical (unpaired) electrons. The van der Waals surface area contributed by atoms with Crippen molar-refractivity contribution in [1.29, 1.82) is 0 Å². The summed E-state index contributed by atoms with van der Waals surface area (Å²) in [5.74, 6) is 0.311. The monoisotopic (exact) mass is 183 g/mol. The first-order valence-corrected chi connectivity index (χ1v) is 5.52. The van der Waals surface area contributed by atoms with Gasteiger partial charge in [0.1, 0.15) is 5.78 Å². The fraction of sp³-hybridized carbons (Fsp3) is 0.909. The summed E-state index contributed by atoms with van der Waals surface area (Å²) in [5, 5.41) is 3.52. The van der Waals surface area contributed by atoms with E-state index in [1.165, 1.54) is 32.1 Å². The lowest BCUT2D eigenvalue weighted by Gasteiger charge is -2.22. The van der Waals surface area contributed by atoms with E-state index in [1.54, 1.807) is 6.92 Å². The lowest BCUT2D eigenvalue weighted by Crippen LogP contribution is -2.31. The first kappa shape index (κ1) is 10.7. The molecule has 0 amide bonds. The van der Waals surface area contributed by atoms with Gasteiger partial charge in [0.25, 0.3) is 0 Å². The SMILES string of the molecule is CC(=O)CCCNC1CCCCC1. The van der Waals surface area contributed by atoms with Gasteiger partial charge >= 0.3 is 0 Å². The van der Waals surface area contributed by atoms with Crippen molar-refractivity contribution >= 4 is 5.78 Å². The lowest BCUT2D eigenvalue weighted by atomic mass is 9.95. The van der Waals surface area contributed by atoms with Crippen molar-refractivity contribution < 1.29 is 4.79 Å². The van der Waals surface area contributed by atoms with E-state index < -0.39 is 0 Å². The molecule has 76 valence electrons. The van der Waals surface area contributed by atoms with Gasteiger partial charge in [-0.25, -0.2) is 0 Å². The van der Waals surface area contributed by atoms with E-state index in [0.717, 1.165) is 25.4 Å².